The van der Waals surface area contributed by atoms with Gasteiger partial charge in [0.25, 0.3) is 0 Å². The lowest BCUT2D eigenvalue weighted by atomic mass is 9.78. The number of hydrogen-bond donors (Lipinski definition) is 1. The molecule has 96 valence electrons. The van der Waals surface area contributed by atoms with E-state index in [0.717, 1.165) is 5.56 Å². The number of aromatic nitrogens is 2. The van der Waals surface area contributed by atoms with E-state index in [4.69, 9.17) is 5.11 Å². The molecule has 1 aliphatic heterocycles. The Hall–Kier alpha value is -1.98. The number of carbonyl (C=O) groups is 2. The number of carbonyl (C=O) groups excluding carboxylic acids is 1. The van der Waals surface area contributed by atoms with Crippen LogP contribution in [0, 0.1) is 0 Å². The van der Waals surface area contributed by atoms with Gasteiger partial charge in [-0.25, -0.2) is 9.97 Å². The van der Waals surface area contributed by atoms with E-state index >= 15 is 0 Å². The van der Waals surface area contributed by atoms with Gasteiger partial charge in [-0.3, -0.25) is 14.5 Å². The van der Waals surface area contributed by atoms with Crippen LogP contribution < -0.4 is 4.90 Å². The molecule has 18 heavy (non-hydrogen) atoms. The largest absolute Gasteiger partial charge is 0.480 e. The van der Waals surface area contributed by atoms with Crippen LogP contribution in [0.5, 0.6) is 0 Å². The highest BCUT2D eigenvalue weighted by Gasteiger charge is 2.49. The van der Waals surface area contributed by atoms with Crippen molar-refractivity contribution in [1.82, 2.24) is 9.97 Å². The number of carboxylic acids is 1. The summed E-state index contributed by atoms with van der Waals surface area (Å²) in [5, 5.41) is 8.90. The van der Waals surface area contributed by atoms with Gasteiger partial charge >= 0.3 is 5.97 Å². The fourth-order valence-electron chi connectivity index (χ4n) is 2.56. The fourth-order valence-corrected chi connectivity index (χ4v) is 2.56. The Morgan fingerprint density at radius 2 is 2.11 bits per heavy atom. The Morgan fingerprint density at radius 1 is 1.44 bits per heavy atom. The zero-order valence-electron chi connectivity index (χ0n) is 10.4. The summed E-state index contributed by atoms with van der Waals surface area (Å²) < 4.78 is 0. The molecule has 0 spiro atoms. The van der Waals surface area contributed by atoms with Crippen molar-refractivity contribution in [3.8, 4) is 0 Å². The molecule has 0 atom stereocenters. The molecule has 0 fully saturated rings. The summed E-state index contributed by atoms with van der Waals surface area (Å²) in [5.74, 6) is -0.803. The minimum absolute atomic E-state index is 0.189. The van der Waals surface area contributed by atoms with E-state index in [1.165, 1.54) is 11.2 Å². The number of nitrogens with zero attached hydrogens (tertiary/aromatic N) is 3. The average molecular weight is 249 g/mol. The van der Waals surface area contributed by atoms with Crippen LogP contribution in [-0.4, -0.2) is 33.5 Å². The van der Waals surface area contributed by atoms with Crippen LogP contribution in [0.15, 0.2) is 12.5 Å². The van der Waals surface area contributed by atoms with E-state index in [1.54, 1.807) is 6.20 Å². The molecule has 0 saturated heterocycles. The number of carboxylic acid groups (broad SMARTS) is 1. The van der Waals surface area contributed by atoms with Crippen molar-refractivity contribution in [2.45, 2.75) is 32.1 Å². The molecule has 0 aliphatic carbocycles. The number of amides is 1. The third kappa shape index (κ3) is 1.56. The van der Waals surface area contributed by atoms with Gasteiger partial charge in [-0.2, -0.15) is 0 Å². The maximum absolute atomic E-state index is 12.5. The molecule has 0 saturated carbocycles. The van der Waals surface area contributed by atoms with Gasteiger partial charge in [0, 0.05) is 11.8 Å². The van der Waals surface area contributed by atoms with E-state index in [0.29, 0.717) is 18.7 Å². The quantitative estimate of drug-likeness (QED) is 0.859. The zero-order chi connectivity index (χ0) is 13.3. The van der Waals surface area contributed by atoms with Crippen molar-refractivity contribution in [3.63, 3.8) is 0 Å². The summed E-state index contributed by atoms with van der Waals surface area (Å²) in [7, 11) is 0. The highest BCUT2D eigenvalue weighted by atomic mass is 16.4. The zero-order valence-corrected chi connectivity index (χ0v) is 10.4. The first kappa shape index (κ1) is 12.5. The number of hydrogen-bond acceptors (Lipinski definition) is 4. The van der Waals surface area contributed by atoms with E-state index in [1.807, 2.05) is 13.8 Å². The standard InChI is InChI=1S/C12H15N3O3/c1-3-12(4-2)8-5-13-7-14-10(8)15(11(12)18)6-9(16)17/h5,7H,3-4,6H2,1-2H3,(H,16,17). The molecule has 1 aromatic heterocycles. The van der Waals surface area contributed by atoms with Crippen LogP contribution in [0.3, 0.4) is 0 Å². The molecule has 1 N–H and O–H groups in total. The number of aliphatic carboxylic acids is 1. The fraction of sp³-hybridized carbons (Fsp3) is 0.500. The van der Waals surface area contributed by atoms with Crippen molar-refractivity contribution < 1.29 is 14.7 Å². The van der Waals surface area contributed by atoms with Crippen molar-refractivity contribution >= 4 is 17.7 Å². The maximum atomic E-state index is 12.5. The van der Waals surface area contributed by atoms with E-state index in [2.05, 4.69) is 9.97 Å². The second-order valence-electron chi connectivity index (χ2n) is 4.33. The van der Waals surface area contributed by atoms with Crippen LogP contribution in [0.25, 0.3) is 0 Å². The summed E-state index contributed by atoms with van der Waals surface area (Å²) >= 11 is 0. The summed E-state index contributed by atoms with van der Waals surface area (Å²) in [6.07, 6.45) is 4.18. The highest BCUT2D eigenvalue weighted by Crippen LogP contribution is 2.44. The maximum Gasteiger partial charge on any atom is 0.323 e. The lowest BCUT2D eigenvalue weighted by Gasteiger charge is -2.24. The van der Waals surface area contributed by atoms with Crippen LogP contribution in [-0.2, 0) is 15.0 Å². The molecule has 2 rings (SSSR count). The third-order valence-corrected chi connectivity index (χ3v) is 3.62. The van der Waals surface area contributed by atoms with Gasteiger partial charge in [0.2, 0.25) is 5.91 Å². The van der Waals surface area contributed by atoms with Gasteiger partial charge in [-0.05, 0) is 12.8 Å². The first-order chi connectivity index (χ1) is 8.56. The van der Waals surface area contributed by atoms with Crippen LogP contribution in [0.2, 0.25) is 0 Å². The Kier molecular flexibility index (Phi) is 3.02. The van der Waals surface area contributed by atoms with E-state index in [-0.39, 0.29) is 12.5 Å². The summed E-state index contributed by atoms with van der Waals surface area (Å²) in [6, 6.07) is 0. The third-order valence-electron chi connectivity index (χ3n) is 3.62. The number of fused-ring (bicyclic) bond motifs is 1. The summed E-state index contributed by atoms with van der Waals surface area (Å²) in [6.45, 7) is 3.48. The van der Waals surface area contributed by atoms with Gasteiger partial charge in [-0.15, -0.1) is 0 Å². The lowest BCUT2D eigenvalue weighted by Crippen LogP contribution is -2.42. The molecule has 6 heteroatoms. The highest BCUT2D eigenvalue weighted by molar-refractivity contribution is 6.09. The molecular weight excluding hydrogens is 234 g/mol. The smallest absolute Gasteiger partial charge is 0.323 e. The molecule has 6 nitrogen and oxygen atoms in total. The Labute approximate surface area is 105 Å². The van der Waals surface area contributed by atoms with Gasteiger partial charge in [0.15, 0.2) is 0 Å². The van der Waals surface area contributed by atoms with Crippen molar-refractivity contribution in [2.75, 3.05) is 11.4 Å². The van der Waals surface area contributed by atoms with Gasteiger partial charge in [-0.1, -0.05) is 13.8 Å². The topological polar surface area (TPSA) is 83.4 Å². The van der Waals surface area contributed by atoms with Gasteiger partial charge in [0.1, 0.15) is 18.7 Å². The first-order valence-electron chi connectivity index (χ1n) is 5.91. The summed E-state index contributed by atoms with van der Waals surface area (Å²) in [4.78, 5) is 32.6. The predicted octanol–water partition coefficient (Wildman–Crippen LogP) is 0.966. The predicted molar refractivity (Wildman–Crippen MR) is 64.3 cm³/mol. The van der Waals surface area contributed by atoms with Crippen LogP contribution in [0.1, 0.15) is 32.3 Å². The normalized spacial score (nSPS) is 16.8. The molecule has 0 bridgehead atoms. The monoisotopic (exact) mass is 249 g/mol. The second kappa shape index (κ2) is 4.36. The minimum atomic E-state index is -1.05. The first-order valence-corrected chi connectivity index (χ1v) is 5.91. The van der Waals surface area contributed by atoms with Gasteiger partial charge < -0.3 is 5.11 Å². The number of rotatable bonds is 4. The molecular formula is C12H15N3O3. The Bertz CT molecular complexity index is 497. The molecule has 2 heterocycles. The van der Waals surface area contributed by atoms with E-state index < -0.39 is 11.4 Å². The minimum Gasteiger partial charge on any atom is -0.480 e. The Morgan fingerprint density at radius 3 is 2.67 bits per heavy atom. The summed E-state index contributed by atoms with van der Waals surface area (Å²) in [5.41, 5.74) is 0.0627. The second-order valence-corrected chi connectivity index (χ2v) is 4.33. The SMILES string of the molecule is CCC1(CC)C(=O)N(CC(=O)O)c2ncncc21. The van der Waals surface area contributed by atoms with Gasteiger partial charge in [0.05, 0.1) is 5.41 Å². The lowest BCUT2D eigenvalue weighted by molar-refractivity contribution is -0.137. The van der Waals surface area contributed by atoms with Crippen molar-refractivity contribution in [3.05, 3.63) is 18.1 Å². The van der Waals surface area contributed by atoms with Crippen molar-refractivity contribution in [2.24, 2.45) is 0 Å². The molecule has 1 aromatic rings. The average Bonchev–Trinajstić information content (AvgIpc) is 2.60. The van der Waals surface area contributed by atoms with Crippen LogP contribution >= 0.6 is 0 Å². The Balaban J connectivity index is 2.56. The molecule has 1 aliphatic rings. The molecule has 0 aromatic carbocycles. The molecule has 0 radical (unpaired) electrons. The molecule has 0 unspecified atom stereocenters. The van der Waals surface area contributed by atoms with E-state index in [9.17, 15) is 9.59 Å². The van der Waals surface area contributed by atoms with Crippen LogP contribution in [0.4, 0.5) is 5.82 Å². The van der Waals surface area contributed by atoms with Crippen molar-refractivity contribution in [1.29, 1.82) is 0 Å². The molecule has 1 amide bonds. The number of anilines is 1.